The number of rotatable bonds is 3. The van der Waals surface area contributed by atoms with Gasteiger partial charge in [-0.25, -0.2) is 4.98 Å². The third-order valence-corrected chi connectivity index (χ3v) is 3.30. The zero-order chi connectivity index (χ0) is 14.1. The first-order chi connectivity index (χ1) is 8.07. The average Bonchev–Trinajstić information content (AvgIpc) is 2.22. The molecule has 4 heteroatoms. The van der Waals surface area contributed by atoms with Crippen molar-refractivity contribution in [1.82, 2.24) is 9.97 Å². The fraction of sp³-hybridized carbons (Fsp3) is 0.714. The number of aromatic nitrogens is 2. The molecule has 0 aliphatic rings. The van der Waals surface area contributed by atoms with Gasteiger partial charge >= 0.3 is 0 Å². The van der Waals surface area contributed by atoms with Crippen LogP contribution in [0.3, 0.4) is 0 Å². The Morgan fingerprint density at radius 3 is 2.11 bits per heavy atom. The van der Waals surface area contributed by atoms with E-state index in [2.05, 4.69) is 37.7 Å². The van der Waals surface area contributed by atoms with Crippen LogP contribution >= 0.6 is 11.6 Å². The normalized spacial score (nSPS) is 12.7. The van der Waals surface area contributed by atoms with E-state index >= 15 is 0 Å². The van der Waals surface area contributed by atoms with E-state index in [0.29, 0.717) is 16.9 Å². The highest BCUT2D eigenvalue weighted by Crippen LogP contribution is 2.30. The second-order valence-electron chi connectivity index (χ2n) is 6.23. The number of hydrogen-bond donors (Lipinski definition) is 0. The topological polar surface area (TPSA) is 35.0 Å². The lowest BCUT2D eigenvalue weighted by atomic mass is 9.95. The lowest BCUT2D eigenvalue weighted by molar-refractivity contribution is 0.0970. The molecular weight excluding hydrogens is 248 g/mol. The monoisotopic (exact) mass is 270 g/mol. The van der Waals surface area contributed by atoms with Gasteiger partial charge in [-0.3, -0.25) is 0 Å². The Hall–Kier alpha value is -0.830. The summed E-state index contributed by atoms with van der Waals surface area (Å²) in [5.74, 6) is 1.30. The fourth-order valence-corrected chi connectivity index (χ4v) is 1.40. The lowest BCUT2D eigenvalue weighted by Gasteiger charge is -2.26. The van der Waals surface area contributed by atoms with Crippen LogP contribution in [-0.4, -0.2) is 15.6 Å². The van der Waals surface area contributed by atoms with E-state index in [1.807, 2.05) is 20.8 Å². The van der Waals surface area contributed by atoms with Gasteiger partial charge in [-0.2, -0.15) is 4.98 Å². The summed E-state index contributed by atoms with van der Waals surface area (Å²) in [6, 6.07) is 0. The summed E-state index contributed by atoms with van der Waals surface area (Å²) in [6.07, 6.45) is 0.902. The molecule has 1 rings (SSSR count). The van der Waals surface area contributed by atoms with Gasteiger partial charge in [0.25, 0.3) is 0 Å². The Bertz CT molecular complexity index is 436. The molecule has 0 aromatic carbocycles. The first-order valence-corrected chi connectivity index (χ1v) is 6.68. The Kier molecular flexibility index (Phi) is 4.26. The van der Waals surface area contributed by atoms with Gasteiger partial charge in [0.1, 0.15) is 16.6 Å². The molecule has 0 aliphatic heterocycles. The zero-order valence-electron chi connectivity index (χ0n) is 12.4. The van der Waals surface area contributed by atoms with Crippen LogP contribution in [-0.2, 0) is 5.41 Å². The van der Waals surface area contributed by atoms with Crippen molar-refractivity contribution in [3.05, 3.63) is 16.5 Å². The van der Waals surface area contributed by atoms with Gasteiger partial charge in [-0.05, 0) is 27.2 Å². The van der Waals surface area contributed by atoms with Crippen molar-refractivity contribution in [2.24, 2.45) is 0 Å². The van der Waals surface area contributed by atoms with Crippen LogP contribution in [0.4, 0.5) is 0 Å². The van der Waals surface area contributed by atoms with Crippen molar-refractivity contribution in [2.75, 3.05) is 0 Å². The largest absolute Gasteiger partial charge is 0.471 e. The molecule has 18 heavy (non-hydrogen) atoms. The van der Waals surface area contributed by atoms with E-state index in [9.17, 15) is 0 Å². The summed E-state index contributed by atoms with van der Waals surface area (Å²) >= 11 is 6.17. The molecule has 0 aliphatic carbocycles. The number of nitrogens with zero attached hydrogens (tertiary/aromatic N) is 2. The lowest BCUT2D eigenvalue weighted by Crippen LogP contribution is -2.28. The van der Waals surface area contributed by atoms with E-state index < -0.39 is 0 Å². The van der Waals surface area contributed by atoms with E-state index in [-0.39, 0.29) is 11.0 Å². The molecule has 3 nitrogen and oxygen atoms in total. The van der Waals surface area contributed by atoms with Crippen LogP contribution in [0.5, 0.6) is 5.88 Å². The first-order valence-electron chi connectivity index (χ1n) is 6.30. The fourth-order valence-electron chi connectivity index (χ4n) is 1.24. The Morgan fingerprint density at radius 2 is 1.67 bits per heavy atom. The molecule has 0 atom stereocenters. The quantitative estimate of drug-likeness (QED) is 0.768. The second-order valence-corrected chi connectivity index (χ2v) is 6.59. The van der Waals surface area contributed by atoms with Crippen LogP contribution in [0.25, 0.3) is 0 Å². The van der Waals surface area contributed by atoms with Crippen LogP contribution < -0.4 is 4.74 Å². The van der Waals surface area contributed by atoms with Crippen molar-refractivity contribution in [3.63, 3.8) is 0 Å². The molecule has 0 unspecified atom stereocenters. The minimum atomic E-state index is -0.252. The van der Waals surface area contributed by atoms with Gasteiger partial charge in [0.15, 0.2) is 0 Å². The smallest absolute Gasteiger partial charge is 0.221 e. The summed E-state index contributed by atoms with van der Waals surface area (Å²) in [4.78, 5) is 8.85. The van der Waals surface area contributed by atoms with Gasteiger partial charge in [0.05, 0.1) is 0 Å². The van der Waals surface area contributed by atoms with Crippen molar-refractivity contribution >= 4 is 11.6 Å². The maximum absolute atomic E-state index is 6.17. The number of halogens is 1. The second kappa shape index (κ2) is 5.04. The summed E-state index contributed by atoms with van der Waals surface area (Å²) in [6.45, 7) is 14.2. The van der Waals surface area contributed by atoms with Crippen molar-refractivity contribution in [2.45, 2.75) is 65.9 Å². The van der Waals surface area contributed by atoms with Gasteiger partial charge in [0, 0.05) is 11.0 Å². The van der Waals surface area contributed by atoms with Crippen LogP contribution in [0.2, 0.25) is 5.15 Å². The molecule has 1 heterocycles. The predicted molar refractivity (Wildman–Crippen MR) is 75.5 cm³/mol. The Morgan fingerprint density at radius 1 is 1.11 bits per heavy atom. The molecule has 0 fully saturated rings. The van der Waals surface area contributed by atoms with Gasteiger partial charge in [-0.1, -0.05) is 39.3 Å². The maximum Gasteiger partial charge on any atom is 0.221 e. The molecule has 1 aromatic heterocycles. The molecule has 0 bridgehead atoms. The molecule has 1 aromatic rings. The summed E-state index contributed by atoms with van der Waals surface area (Å²) in [7, 11) is 0. The van der Waals surface area contributed by atoms with Gasteiger partial charge in [0.2, 0.25) is 5.88 Å². The minimum Gasteiger partial charge on any atom is -0.471 e. The van der Waals surface area contributed by atoms with Crippen LogP contribution in [0, 0.1) is 6.92 Å². The number of hydrogen-bond acceptors (Lipinski definition) is 3. The van der Waals surface area contributed by atoms with Crippen LogP contribution in [0.1, 0.15) is 59.4 Å². The summed E-state index contributed by atoms with van der Waals surface area (Å²) < 4.78 is 5.96. The molecule has 0 radical (unpaired) electrons. The Labute approximate surface area is 115 Å². The standard InChI is InChI=1S/C14H23ClN2O/c1-8-14(6,7)18-11-9(2)10(15)16-12(17-11)13(3,4)5/h8H2,1-7H3. The summed E-state index contributed by atoms with van der Waals surface area (Å²) in [5.41, 5.74) is 0.398. The van der Waals surface area contributed by atoms with Crippen molar-refractivity contribution < 1.29 is 4.74 Å². The zero-order valence-corrected chi connectivity index (χ0v) is 13.1. The van der Waals surface area contributed by atoms with Gasteiger partial charge < -0.3 is 4.74 Å². The molecule has 0 amide bonds. The SMILES string of the molecule is CCC(C)(C)Oc1nc(C(C)(C)C)nc(Cl)c1C. The van der Waals surface area contributed by atoms with E-state index in [1.54, 1.807) is 0 Å². The van der Waals surface area contributed by atoms with Crippen LogP contribution in [0.15, 0.2) is 0 Å². The van der Waals surface area contributed by atoms with E-state index in [1.165, 1.54) is 0 Å². The number of ether oxygens (including phenoxy) is 1. The molecule has 0 saturated heterocycles. The predicted octanol–water partition coefficient (Wildman–Crippen LogP) is 4.30. The third-order valence-electron chi connectivity index (χ3n) is 2.94. The van der Waals surface area contributed by atoms with E-state index in [0.717, 1.165) is 12.0 Å². The molecule has 0 saturated carbocycles. The Balaban J connectivity index is 3.23. The molecule has 102 valence electrons. The molecule has 0 N–H and O–H groups in total. The van der Waals surface area contributed by atoms with Gasteiger partial charge in [-0.15, -0.1) is 0 Å². The highest BCUT2D eigenvalue weighted by Gasteiger charge is 2.24. The van der Waals surface area contributed by atoms with Crippen molar-refractivity contribution in [3.8, 4) is 5.88 Å². The highest BCUT2D eigenvalue weighted by atomic mass is 35.5. The van der Waals surface area contributed by atoms with E-state index in [4.69, 9.17) is 16.3 Å². The first kappa shape index (κ1) is 15.2. The maximum atomic E-state index is 6.17. The molecular formula is C14H23ClN2O. The molecule has 0 spiro atoms. The van der Waals surface area contributed by atoms with Crippen molar-refractivity contribution in [1.29, 1.82) is 0 Å². The minimum absolute atomic E-state index is 0.147. The summed E-state index contributed by atoms with van der Waals surface area (Å²) in [5, 5.41) is 0.469. The highest BCUT2D eigenvalue weighted by molar-refractivity contribution is 6.30. The average molecular weight is 271 g/mol. The third kappa shape index (κ3) is 3.58.